The van der Waals surface area contributed by atoms with Gasteiger partial charge in [0.05, 0.1) is 20.6 Å². The minimum atomic E-state index is -4.09. The molecule has 1 rings (SSSR count). The lowest BCUT2D eigenvalue weighted by Gasteiger charge is -2.10. The second-order valence-electron chi connectivity index (χ2n) is 2.98. The predicted molar refractivity (Wildman–Crippen MR) is 66.2 cm³/mol. The normalized spacial score (nSPS) is 11.4. The second kappa shape index (κ2) is 4.99. The molecule has 0 aliphatic heterocycles. The second-order valence-corrected chi connectivity index (χ2v) is 5.68. The third-order valence-electron chi connectivity index (χ3n) is 1.88. The van der Waals surface area contributed by atoms with Gasteiger partial charge in [0.1, 0.15) is 4.90 Å². The summed E-state index contributed by atoms with van der Waals surface area (Å²) in [5, 5.41) is 6.59. The highest BCUT2D eigenvalue weighted by molar-refractivity contribution is 7.89. The number of amides is 1. The highest BCUT2D eigenvalue weighted by Crippen LogP contribution is 2.36. The Hall–Kier alpha value is -0.530. The van der Waals surface area contributed by atoms with Crippen molar-refractivity contribution in [2.75, 3.05) is 7.05 Å². The van der Waals surface area contributed by atoms with E-state index in [1.807, 2.05) is 0 Å². The minimum Gasteiger partial charge on any atom is -0.355 e. The number of carbonyl (C=O) groups excluding carboxylic acids is 1. The summed E-state index contributed by atoms with van der Waals surface area (Å²) in [7, 11) is -2.75. The van der Waals surface area contributed by atoms with Gasteiger partial charge in [0.2, 0.25) is 10.0 Å². The highest BCUT2D eigenvalue weighted by Gasteiger charge is 2.24. The van der Waals surface area contributed by atoms with Gasteiger partial charge in [0.15, 0.2) is 0 Å². The molecule has 3 N–H and O–H groups in total. The summed E-state index contributed by atoms with van der Waals surface area (Å²) < 4.78 is 22.5. The van der Waals surface area contributed by atoms with Gasteiger partial charge in [-0.05, 0) is 6.07 Å². The molecule has 0 fully saturated rings. The van der Waals surface area contributed by atoms with E-state index >= 15 is 0 Å². The molecule has 0 saturated carbocycles. The van der Waals surface area contributed by atoms with E-state index in [0.717, 1.165) is 6.07 Å². The third-order valence-corrected chi connectivity index (χ3v) is 4.11. The zero-order valence-corrected chi connectivity index (χ0v) is 11.5. The van der Waals surface area contributed by atoms with Crippen LogP contribution in [0.5, 0.6) is 0 Å². The number of halogens is 3. The first-order valence-electron chi connectivity index (χ1n) is 4.12. The van der Waals surface area contributed by atoms with Crippen LogP contribution in [0.2, 0.25) is 15.1 Å². The minimum absolute atomic E-state index is 0.126. The molecule has 0 aliphatic rings. The first kappa shape index (κ1) is 14.5. The Morgan fingerprint density at radius 1 is 1.29 bits per heavy atom. The molecule has 5 nitrogen and oxygen atoms in total. The number of nitrogens with one attached hydrogen (secondary N) is 1. The van der Waals surface area contributed by atoms with Gasteiger partial charge in [0.25, 0.3) is 5.91 Å². The number of rotatable bonds is 2. The molecular formula is C8H7Cl3N2O3S. The molecule has 0 atom stereocenters. The lowest BCUT2D eigenvalue weighted by molar-refractivity contribution is 0.0963. The van der Waals surface area contributed by atoms with Crippen LogP contribution < -0.4 is 10.5 Å². The van der Waals surface area contributed by atoms with Gasteiger partial charge >= 0.3 is 0 Å². The number of hydrogen-bond acceptors (Lipinski definition) is 3. The van der Waals surface area contributed by atoms with E-state index in [1.54, 1.807) is 0 Å². The van der Waals surface area contributed by atoms with Gasteiger partial charge in [-0.2, -0.15) is 0 Å². The van der Waals surface area contributed by atoms with Crippen LogP contribution >= 0.6 is 34.8 Å². The predicted octanol–water partition coefficient (Wildman–Crippen LogP) is 1.65. The number of carbonyl (C=O) groups is 1. The Kier molecular flexibility index (Phi) is 4.27. The Morgan fingerprint density at radius 2 is 1.82 bits per heavy atom. The average molecular weight is 318 g/mol. The maximum Gasteiger partial charge on any atom is 0.254 e. The summed E-state index contributed by atoms with van der Waals surface area (Å²) >= 11 is 17.3. The van der Waals surface area contributed by atoms with E-state index in [9.17, 15) is 13.2 Å². The fourth-order valence-electron chi connectivity index (χ4n) is 1.11. The summed E-state index contributed by atoms with van der Waals surface area (Å²) in [6.45, 7) is 0. The number of primary sulfonamides is 1. The molecule has 0 unspecified atom stereocenters. The first-order chi connectivity index (χ1) is 7.70. The van der Waals surface area contributed by atoms with Crippen molar-refractivity contribution in [3.8, 4) is 0 Å². The molecule has 94 valence electrons. The summed E-state index contributed by atoms with van der Waals surface area (Å²) in [4.78, 5) is 11.1. The summed E-state index contributed by atoms with van der Waals surface area (Å²) in [6.07, 6.45) is 0. The molecule has 0 aromatic heterocycles. The van der Waals surface area contributed by atoms with E-state index in [4.69, 9.17) is 39.9 Å². The maximum absolute atomic E-state index is 11.5. The van der Waals surface area contributed by atoms with Gasteiger partial charge in [-0.3, -0.25) is 4.79 Å². The Morgan fingerprint density at radius 3 is 2.24 bits per heavy atom. The van der Waals surface area contributed by atoms with Crippen LogP contribution in [0.3, 0.4) is 0 Å². The largest absolute Gasteiger partial charge is 0.355 e. The molecule has 1 aromatic carbocycles. The van der Waals surface area contributed by atoms with Crippen LogP contribution in [-0.4, -0.2) is 21.4 Å². The van der Waals surface area contributed by atoms with E-state index in [-0.39, 0.29) is 20.6 Å². The molecule has 0 heterocycles. The first-order valence-corrected chi connectivity index (χ1v) is 6.80. The monoisotopic (exact) mass is 316 g/mol. The zero-order chi connectivity index (χ0) is 13.4. The SMILES string of the molecule is CNC(=O)c1c(Cl)c(Cl)cc(S(N)(=O)=O)c1Cl. The van der Waals surface area contributed by atoms with E-state index in [2.05, 4.69) is 5.32 Å². The van der Waals surface area contributed by atoms with Crippen molar-refractivity contribution < 1.29 is 13.2 Å². The molecule has 0 saturated heterocycles. The number of hydrogen-bond donors (Lipinski definition) is 2. The van der Waals surface area contributed by atoms with Crippen LogP contribution in [0.4, 0.5) is 0 Å². The van der Waals surface area contributed by atoms with Crippen molar-refractivity contribution in [3.05, 3.63) is 26.7 Å². The van der Waals surface area contributed by atoms with Crippen LogP contribution in [0.25, 0.3) is 0 Å². The number of sulfonamides is 1. The molecule has 1 amide bonds. The molecule has 9 heteroatoms. The van der Waals surface area contributed by atoms with E-state index in [0.29, 0.717) is 0 Å². The van der Waals surface area contributed by atoms with Crippen LogP contribution in [0, 0.1) is 0 Å². The molecule has 1 aromatic rings. The van der Waals surface area contributed by atoms with Crippen molar-refractivity contribution in [1.82, 2.24) is 5.32 Å². The lowest BCUT2D eigenvalue weighted by Crippen LogP contribution is -2.21. The van der Waals surface area contributed by atoms with Gasteiger partial charge in [-0.15, -0.1) is 0 Å². The Bertz CT molecular complexity index is 586. The Labute approximate surface area is 113 Å². The maximum atomic E-state index is 11.5. The van der Waals surface area contributed by atoms with Crippen molar-refractivity contribution in [2.24, 2.45) is 5.14 Å². The molecule has 0 aliphatic carbocycles. The van der Waals surface area contributed by atoms with Crippen LogP contribution in [0.1, 0.15) is 10.4 Å². The summed E-state index contributed by atoms with van der Waals surface area (Å²) in [6, 6.07) is 0.994. The van der Waals surface area contributed by atoms with Crippen molar-refractivity contribution in [1.29, 1.82) is 0 Å². The molecule has 17 heavy (non-hydrogen) atoms. The summed E-state index contributed by atoms with van der Waals surface area (Å²) in [5.41, 5.74) is -0.229. The summed E-state index contributed by atoms with van der Waals surface area (Å²) in [5.74, 6) is -0.660. The van der Waals surface area contributed by atoms with Crippen LogP contribution in [0.15, 0.2) is 11.0 Å². The average Bonchev–Trinajstić information content (AvgIpc) is 2.21. The highest BCUT2D eigenvalue weighted by atomic mass is 35.5. The molecule has 0 radical (unpaired) electrons. The standard InChI is InChI=1S/C8H7Cl3N2O3S/c1-13-8(14)5-6(10)3(9)2-4(7(5)11)17(12,15)16/h2H,1H3,(H,13,14)(H2,12,15,16). The van der Waals surface area contributed by atoms with Crippen molar-refractivity contribution in [2.45, 2.75) is 4.90 Å². The lowest BCUT2D eigenvalue weighted by atomic mass is 10.2. The molecule has 0 bridgehead atoms. The smallest absolute Gasteiger partial charge is 0.254 e. The third kappa shape index (κ3) is 2.83. The van der Waals surface area contributed by atoms with E-state index in [1.165, 1.54) is 7.05 Å². The topological polar surface area (TPSA) is 89.3 Å². The molecular weight excluding hydrogens is 311 g/mol. The quantitative estimate of drug-likeness (QED) is 0.813. The van der Waals surface area contributed by atoms with Gasteiger partial charge in [-0.25, -0.2) is 13.6 Å². The Balaban J connectivity index is 3.72. The van der Waals surface area contributed by atoms with Crippen molar-refractivity contribution >= 4 is 50.7 Å². The zero-order valence-electron chi connectivity index (χ0n) is 8.42. The van der Waals surface area contributed by atoms with Gasteiger partial charge < -0.3 is 5.32 Å². The fourth-order valence-corrected chi connectivity index (χ4v) is 2.86. The van der Waals surface area contributed by atoms with E-state index < -0.39 is 20.8 Å². The molecule has 0 spiro atoms. The van der Waals surface area contributed by atoms with Crippen molar-refractivity contribution in [3.63, 3.8) is 0 Å². The van der Waals surface area contributed by atoms with Gasteiger partial charge in [-0.1, -0.05) is 34.8 Å². The number of benzene rings is 1. The van der Waals surface area contributed by atoms with Gasteiger partial charge in [0, 0.05) is 7.05 Å². The number of nitrogens with two attached hydrogens (primary N) is 1. The van der Waals surface area contributed by atoms with Crippen LogP contribution in [-0.2, 0) is 10.0 Å². The fraction of sp³-hybridized carbons (Fsp3) is 0.125.